The van der Waals surface area contributed by atoms with E-state index in [1.807, 2.05) is 19.0 Å². The van der Waals surface area contributed by atoms with Crippen molar-refractivity contribution in [3.8, 4) is 5.82 Å². The average Bonchev–Trinajstić information content (AvgIpc) is 3.22. The molecule has 0 fully saturated rings. The third kappa shape index (κ3) is 4.27. The van der Waals surface area contributed by atoms with Gasteiger partial charge < -0.3 is 10.6 Å². The number of halogens is 1. The van der Waals surface area contributed by atoms with Crippen LogP contribution in [0, 0.1) is 0 Å². The van der Waals surface area contributed by atoms with Crippen molar-refractivity contribution >= 4 is 29.5 Å². The molecule has 2 heterocycles. The predicted molar refractivity (Wildman–Crippen MR) is 97.5 cm³/mol. The molecule has 0 bridgehead atoms. The number of carbonyl (C=O) groups is 1. The van der Waals surface area contributed by atoms with Crippen LogP contribution in [0.25, 0.3) is 5.82 Å². The molecule has 140 valence electrons. The number of benzene rings is 1. The molecule has 0 aliphatic rings. The van der Waals surface area contributed by atoms with Crippen LogP contribution in [0.2, 0.25) is 5.02 Å². The summed E-state index contributed by atoms with van der Waals surface area (Å²) in [7, 11) is 3.67. The molecule has 0 saturated heterocycles. The lowest BCUT2D eigenvalue weighted by Gasteiger charge is -2.11. The zero-order valence-corrected chi connectivity index (χ0v) is 15.3. The Balaban J connectivity index is 1.82. The molecule has 11 nitrogen and oxygen atoms in total. The molecule has 3 N–H and O–H groups in total. The second-order valence-corrected chi connectivity index (χ2v) is 6.19. The molecule has 0 saturated carbocycles. The number of nitrogens with one attached hydrogen (secondary N) is 1. The highest BCUT2D eigenvalue weighted by atomic mass is 35.5. The Labute approximate surface area is 158 Å². The van der Waals surface area contributed by atoms with Gasteiger partial charge in [0.1, 0.15) is 0 Å². The summed E-state index contributed by atoms with van der Waals surface area (Å²) in [5.41, 5.74) is 9.45. The minimum Gasteiger partial charge on any atom is -0.378 e. The summed E-state index contributed by atoms with van der Waals surface area (Å²) in [4.78, 5) is 14.3. The first kappa shape index (κ1) is 18.5. The van der Waals surface area contributed by atoms with Gasteiger partial charge in [-0.05, 0) is 42.1 Å². The second kappa shape index (κ2) is 7.93. The highest BCUT2D eigenvalue weighted by Gasteiger charge is 2.24. The van der Waals surface area contributed by atoms with Crippen molar-refractivity contribution < 1.29 is 9.42 Å². The number of anilines is 1. The van der Waals surface area contributed by atoms with E-state index in [1.54, 1.807) is 24.3 Å². The van der Waals surface area contributed by atoms with E-state index in [1.165, 1.54) is 10.9 Å². The van der Waals surface area contributed by atoms with E-state index in [9.17, 15) is 4.79 Å². The van der Waals surface area contributed by atoms with Crippen LogP contribution in [0.1, 0.15) is 21.7 Å². The third-order valence-corrected chi connectivity index (χ3v) is 3.64. The minimum atomic E-state index is -0.529. The molecule has 1 aromatic carbocycles. The van der Waals surface area contributed by atoms with E-state index in [0.29, 0.717) is 17.3 Å². The van der Waals surface area contributed by atoms with Crippen LogP contribution >= 0.6 is 11.6 Å². The number of hydrazone groups is 1. The van der Waals surface area contributed by atoms with Crippen LogP contribution in [-0.4, -0.2) is 56.4 Å². The van der Waals surface area contributed by atoms with Gasteiger partial charge in [0.25, 0.3) is 5.91 Å². The second-order valence-electron chi connectivity index (χ2n) is 5.76. The summed E-state index contributed by atoms with van der Waals surface area (Å²) in [5.74, 6) is -0.339. The molecular formula is C15H16ClN9O2. The Morgan fingerprint density at radius 1 is 1.37 bits per heavy atom. The number of hydrogen-bond acceptors (Lipinski definition) is 9. The lowest BCUT2D eigenvalue weighted by Crippen LogP contribution is -2.23. The van der Waals surface area contributed by atoms with Gasteiger partial charge in [-0.3, -0.25) is 4.79 Å². The van der Waals surface area contributed by atoms with Crippen LogP contribution < -0.4 is 11.2 Å². The largest absolute Gasteiger partial charge is 0.378 e. The first-order chi connectivity index (χ1) is 13.0. The summed E-state index contributed by atoms with van der Waals surface area (Å²) >= 11 is 5.83. The maximum absolute atomic E-state index is 12.5. The number of nitrogen functional groups attached to an aromatic ring is 1. The maximum atomic E-state index is 12.5. The average molecular weight is 390 g/mol. The van der Waals surface area contributed by atoms with Gasteiger partial charge in [0.05, 0.1) is 11.9 Å². The monoisotopic (exact) mass is 389 g/mol. The molecule has 0 unspecified atom stereocenters. The number of carbonyl (C=O) groups excluding carboxylic acids is 1. The summed E-state index contributed by atoms with van der Waals surface area (Å²) in [5, 5.41) is 19.6. The van der Waals surface area contributed by atoms with Crippen molar-refractivity contribution in [3.05, 3.63) is 46.2 Å². The van der Waals surface area contributed by atoms with E-state index in [-0.39, 0.29) is 17.3 Å². The van der Waals surface area contributed by atoms with Gasteiger partial charge >= 0.3 is 0 Å². The van der Waals surface area contributed by atoms with Crippen LogP contribution in [-0.2, 0) is 6.54 Å². The lowest BCUT2D eigenvalue weighted by molar-refractivity contribution is 0.0948. The predicted octanol–water partition coefficient (Wildman–Crippen LogP) is 0.711. The summed E-state index contributed by atoms with van der Waals surface area (Å²) in [6.45, 7) is 0.350. The summed E-state index contributed by atoms with van der Waals surface area (Å²) < 4.78 is 5.90. The van der Waals surface area contributed by atoms with Gasteiger partial charge in [0.2, 0.25) is 11.6 Å². The van der Waals surface area contributed by atoms with Gasteiger partial charge in [0.15, 0.2) is 5.69 Å². The standard InChI is InChI=1S/C15H16ClN9O2/c1-24(2)8-11-12(19-23-25(11)14-13(17)21-27-22-14)15(26)20-18-7-9-3-5-10(16)6-4-9/h3-7H,8H2,1-2H3,(H2,17,21)(H,20,26)/b18-7-. The fourth-order valence-corrected chi connectivity index (χ4v) is 2.32. The van der Waals surface area contributed by atoms with Crippen LogP contribution in [0.4, 0.5) is 5.82 Å². The Morgan fingerprint density at radius 2 is 2.11 bits per heavy atom. The van der Waals surface area contributed by atoms with Gasteiger partial charge in [-0.2, -0.15) is 9.78 Å². The molecule has 0 aliphatic carbocycles. The van der Waals surface area contributed by atoms with Gasteiger partial charge in [-0.1, -0.05) is 28.9 Å². The molecule has 0 spiro atoms. The Bertz CT molecular complexity index is 962. The number of hydrogen-bond donors (Lipinski definition) is 2. The number of amides is 1. The lowest BCUT2D eigenvalue weighted by atomic mass is 10.2. The molecular weight excluding hydrogens is 374 g/mol. The van der Waals surface area contributed by atoms with Crippen molar-refractivity contribution in [1.82, 2.24) is 35.6 Å². The fraction of sp³-hybridized carbons (Fsp3) is 0.200. The van der Waals surface area contributed by atoms with Crippen LogP contribution in [0.3, 0.4) is 0 Å². The van der Waals surface area contributed by atoms with Crippen molar-refractivity contribution in [1.29, 1.82) is 0 Å². The highest BCUT2D eigenvalue weighted by molar-refractivity contribution is 6.30. The quantitative estimate of drug-likeness (QED) is 0.464. The number of nitrogens with two attached hydrogens (primary N) is 1. The topological polar surface area (TPSA) is 140 Å². The van der Waals surface area contributed by atoms with E-state index in [4.69, 9.17) is 17.3 Å². The molecule has 1 amide bonds. The number of aromatic nitrogens is 5. The molecule has 27 heavy (non-hydrogen) atoms. The van der Waals surface area contributed by atoms with Gasteiger partial charge in [-0.25, -0.2) is 10.1 Å². The van der Waals surface area contributed by atoms with Crippen LogP contribution in [0.15, 0.2) is 34.0 Å². The Kier molecular flexibility index (Phi) is 5.43. The highest BCUT2D eigenvalue weighted by Crippen LogP contribution is 2.16. The van der Waals surface area contributed by atoms with Crippen LogP contribution in [0.5, 0.6) is 0 Å². The summed E-state index contributed by atoms with van der Waals surface area (Å²) in [6, 6.07) is 6.99. The van der Waals surface area contributed by atoms with Gasteiger partial charge in [0, 0.05) is 11.6 Å². The third-order valence-electron chi connectivity index (χ3n) is 3.39. The molecule has 12 heteroatoms. The SMILES string of the molecule is CN(C)Cc1c(C(=O)N/N=C\c2ccc(Cl)cc2)nnn1-c1nonc1N. The van der Waals surface area contributed by atoms with Crippen molar-refractivity contribution in [2.75, 3.05) is 19.8 Å². The molecule has 0 radical (unpaired) electrons. The Morgan fingerprint density at radius 3 is 2.74 bits per heavy atom. The Hall–Kier alpha value is -3.31. The minimum absolute atomic E-state index is 0.0348. The normalized spacial score (nSPS) is 11.4. The van der Waals surface area contributed by atoms with Gasteiger partial charge in [-0.15, -0.1) is 5.10 Å². The first-order valence-corrected chi connectivity index (χ1v) is 8.10. The number of nitrogens with zero attached hydrogens (tertiary/aromatic N) is 7. The van der Waals surface area contributed by atoms with Crippen molar-refractivity contribution in [2.24, 2.45) is 5.10 Å². The van der Waals surface area contributed by atoms with E-state index in [0.717, 1.165) is 5.56 Å². The maximum Gasteiger partial charge on any atom is 0.293 e. The van der Waals surface area contributed by atoms with E-state index in [2.05, 4.69) is 35.8 Å². The molecule has 0 aliphatic heterocycles. The first-order valence-electron chi connectivity index (χ1n) is 7.72. The van der Waals surface area contributed by atoms with Crippen molar-refractivity contribution in [2.45, 2.75) is 6.54 Å². The smallest absolute Gasteiger partial charge is 0.293 e. The number of rotatable bonds is 6. The molecule has 2 aromatic heterocycles. The molecule has 3 aromatic rings. The molecule has 0 atom stereocenters. The van der Waals surface area contributed by atoms with Crippen molar-refractivity contribution in [3.63, 3.8) is 0 Å². The van der Waals surface area contributed by atoms with E-state index < -0.39 is 5.91 Å². The van der Waals surface area contributed by atoms with E-state index >= 15 is 0 Å². The fourth-order valence-electron chi connectivity index (χ4n) is 2.19. The summed E-state index contributed by atoms with van der Waals surface area (Å²) in [6.07, 6.45) is 1.49. The zero-order chi connectivity index (χ0) is 19.4. The molecule has 3 rings (SSSR count). The zero-order valence-electron chi connectivity index (χ0n) is 14.5.